The Balaban J connectivity index is 2.19. The smallest absolute Gasteiger partial charge is 0.242 e. The van der Waals surface area contributed by atoms with Gasteiger partial charge in [0, 0.05) is 22.8 Å². The molecule has 0 amide bonds. The molecular formula is C13H19N3O2S3. The van der Waals surface area contributed by atoms with Crippen molar-refractivity contribution in [3.8, 4) is 0 Å². The summed E-state index contributed by atoms with van der Waals surface area (Å²) < 4.78 is 27.8. The molecule has 0 saturated carbocycles. The second kappa shape index (κ2) is 6.97. The van der Waals surface area contributed by atoms with E-state index < -0.39 is 10.0 Å². The Kier molecular flexibility index (Phi) is 5.50. The van der Waals surface area contributed by atoms with Crippen molar-refractivity contribution in [3.63, 3.8) is 0 Å². The number of thiophene rings is 1. The van der Waals surface area contributed by atoms with Gasteiger partial charge in [-0.25, -0.2) is 18.1 Å². The molecule has 5 nitrogen and oxygen atoms in total. The molecule has 21 heavy (non-hydrogen) atoms. The third kappa shape index (κ3) is 3.89. The van der Waals surface area contributed by atoms with Crippen LogP contribution >= 0.6 is 22.7 Å². The maximum absolute atomic E-state index is 12.6. The Morgan fingerprint density at radius 3 is 2.57 bits per heavy atom. The van der Waals surface area contributed by atoms with E-state index in [0.717, 1.165) is 27.6 Å². The summed E-state index contributed by atoms with van der Waals surface area (Å²) in [4.78, 5) is 6.34. The Labute approximate surface area is 133 Å². The van der Waals surface area contributed by atoms with Crippen LogP contribution in [-0.2, 0) is 23.1 Å². The third-order valence-corrected chi connectivity index (χ3v) is 6.86. The van der Waals surface area contributed by atoms with Gasteiger partial charge in [0.2, 0.25) is 10.0 Å². The number of aromatic nitrogens is 1. The van der Waals surface area contributed by atoms with Crippen molar-refractivity contribution in [3.05, 3.63) is 31.9 Å². The first-order chi connectivity index (χ1) is 9.95. The van der Waals surface area contributed by atoms with Gasteiger partial charge < -0.3 is 5.32 Å². The fourth-order valence-electron chi connectivity index (χ4n) is 1.94. The normalized spacial score (nSPS) is 12.0. The highest BCUT2D eigenvalue weighted by atomic mass is 32.2. The van der Waals surface area contributed by atoms with Gasteiger partial charge in [0.25, 0.3) is 0 Å². The number of nitrogens with one attached hydrogen (secondary N) is 2. The molecule has 0 saturated heterocycles. The van der Waals surface area contributed by atoms with E-state index in [1.54, 1.807) is 5.51 Å². The van der Waals surface area contributed by atoms with Crippen LogP contribution in [0.2, 0.25) is 0 Å². The predicted octanol–water partition coefficient (Wildman–Crippen LogP) is 2.41. The van der Waals surface area contributed by atoms with Crippen LogP contribution in [0, 0.1) is 13.8 Å². The van der Waals surface area contributed by atoms with Crippen molar-refractivity contribution >= 4 is 32.7 Å². The zero-order valence-corrected chi connectivity index (χ0v) is 14.7. The van der Waals surface area contributed by atoms with Crippen LogP contribution in [-0.4, -0.2) is 19.9 Å². The van der Waals surface area contributed by atoms with E-state index in [-0.39, 0.29) is 6.54 Å². The Morgan fingerprint density at radius 2 is 1.95 bits per heavy atom. The molecular weight excluding hydrogens is 326 g/mol. The van der Waals surface area contributed by atoms with Crippen molar-refractivity contribution in [2.75, 3.05) is 6.54 Å². The fourth-order valence-corrected chi connectivity index (χ4v) is 5.52. The lowest BCUT2D eigenvalue weighted by molar-refractivity contribution is 0.579. The van der Waals surface area contributed by atoms with Crippen LogP contribution in [0.25, 0.3) is 0 Å². The fraction of sp³-hybridized carbons (Fsp3) is 0.462. The molecule has 116 valence electrons. The van der Waals surface area contributed by atoms with E-state index >= 15 is 0 Å². The number of nitrogens with zero attached hydrogens (tertiary/aromatic N) is 1. The minimum atomic E-state index is -3.50. The molecule has 2 heterocycles. The summed E-state index contributed by atoms with van der Waals surface area (Å²) in [5.74, 6) is 0. The molecule has 0 atom stereocenters. The van der Waals surface area contributed by atoms with Gasteiger partial charge in [-0.05, 0) is 31.3 Å². The average Bonchev–Trinajstić information content (AvgIpc) is 3.00. The van der Waals surface area contributed by atoms with Crippen molar-refractivity contribution < 1.29 is 8.42 Å². The molecule has 0 aliphatic heterocycles. The number of hydrogen-bond acceptors (Lipinski definition) is 6. The number of rotatable bonds is 7. The summed E-state index contributed by atoms with van der Waals surface area (Å²) in [7, 11) is -3.50. The summed E-state index contributed by atoms with van der Waals surface area (Å²) in [6, 6.07) is 0. The first-order valence-electron chi connectivity index (χ1n) is 6.62. The van der Waals surface area contributed by atoms with E-state index in [9.17, 15) is 8.42 Å². The molecule has 2 N–H and O–H groups in total. The minimum absolute atomic E-state index is 0.286. The Hall–Kier alpha value is -0.800. The molecule has 2 aromatic rings. The van der Waals surface area contributed by atoms with Crippen molar-refractivity contribution in [1.29, 1.82) is 0 Å². The second-order valence-corrected chi connectivity index (χ2v) is 8.24. The van der Waals surface area contributed by atoms with Gasteiger partial charge >= 0.3 is 0 Å². The molecule has 0 unspecified atom stereocenters. The molecule has 0 aromatic carbocycles. The lowest BCUT2D eigenvalue weighted by Gasteiger charge is -2.09. The molecule has 0 spiro atoms. The van der Waals surface area contributed by atoms with Gasteiger partial charge in [0.05, 0.1) is 11.2 Å². The topological polar surface area (TPSA) is 71.1 Å². The van der Waals surface area contributed by atoms with Crippen molar-refractivity contribution in [2.24, 2.45) is 0 Å². The van der Waals surface area contributed by atoms with Crippen LogP contribution in [0.3, 0.4) is 0 Å². The largest absolute Gasteiger partial charge is 0.312 e. The highest BCUT2D eigenvalue weighted by Crippen LogP contribution is 2.27. The maximum Gasteiger partial charge on any atom is 0.242 e. The van der Waals surface area contributed by atoms with Gasteiger partial charge in [-0.3, -0.25) is 0 Å². The number of aryl methyl sites for hydroxylation is 2. The predicted molar refractivity (Wildman–Crippen MR) is 87.3 cm³/mol. The van der Waals surface area contributed by atoms with Crippen LogP contribution in [0.1, 0.15) is 27.9 Å². The zero-order chi connectivity index (χ0) is 15.5. The second-order valence-electron chi connectivity index (χ2n) is 4.64. The van der Waals surface area contributed by atoms with E-state index in [1.807, 2.05) is 26.2 Å². The first-order valence-corrected chi connectivity index (χ1v) is 9.86. The standard InChI is InChI=1S/C13H19N3O2S3/c1-4-14-5-12-13(9(2)7-19-12)21(17,18)16-6-11-10(3)15-8-20-11/h7-8,14,16H,4-6H2,1-3H3. The van der Waals surface area contributed by atoms with Gasteiger partial charge in [0.1, 0.15) is 4.90 Å². The van der Waals surface area contributed by atoms with Crippen LogP contribution in [0.4, 0.5) is 0 Å². The molecule has 0 aliphatic rings. The summed E-state index contributed by atoms with van der Waals surface area (Å²) >= 11 is 2.94. The van der Waals surface area contributed by atoms with Crippen molar-refractivity contribution in [2.45, 2.75) is 38.8 Å². The third-order valence-electron chi connectivity index (χ3n) is 3.06. The average molecular weight is 346 g/mol. The highest BCUT2D eigenvalue weighted by Gasteiger charge is 2.23. The summed E-state index contributed by atoms with van der Waals surface area (Å²) in [6.07, 6.45) is 0. The monoisotopic (exact) mass is 345 g/mol. The maximum atomic E-state index is 12.6. The number of thiazole rings is 1. The van der Waals surface area contributed by atoms with Gasteiger partial charge in [-0.1, -0.05) is 6.92 Å². The molecule has 2 aromatic heterocycles. The van der Waals surface area contributed by atoms with Gasteiger partial charge in [-0.2, -0.15) is 0 Å². The van der Waals surface area contributed by atoms with Crippen LogP contribution in [0.15, 0.2) is 15.8 Å². The zero-order valence-electron chi connectivity index (χ0n) is 12.3. The van der Waals surface area contributed by atoms with Gasteiger partial charge in [-0.15, -0.1) is 22.7 Å². The van der Waals surface area contributed by atoms with E-state index in [2.05, 4.69) is 15.0 Å². The lowest BCUT2D eigenvalue weighted by Crippen LogP contribution is -2.25. The summed E-state index contributed by atoms with van der Waals surface area (Å²) in [5.41, 5.74) is 3.39. The van der Waals surface area contributed by atoms with Crippen LogP contribution in [0.5, 0.6) is 0 Å². The number of hydrogen-bond donors (Lipinski definition) is 2. The molecule has 0 radical (unpaired) electrons. The molecule has 0 bridgehead atoms. The van der Waals surface area contributed by atoms with Crippen molar-refractivity contribution in [1.82, 2.24) is 15.0 Å². The van der Waals surface area contributed by atoms with Gasteiger partial charge in [0.15, 0.2) is 0 Å². The minimum Gasteiger partial charge on any atom is -0.312 e. The molecule has 2 rings (SSSR count). The number of sulfonamides is 1. The molecule has 8 heteroatoms. The Bertz CT molecular complexity index is 704. The van der Waals surface area contributed by atoms with E-state index in [4.69, 9.17) is 0 Å². The molecule has 0 fully saturated rings. The molecule has 0 aliphatic carbocycles. The van der Waals surface area contributed by atoms with Crippen LogP contribution < -0.4 is 10.0 Å². The Morgan fingerprint density at radius 1 is 1.19 bits per heavy atom. The lowest BCUT2D eigenvalue weighted by atomic mass is 10.3. The van der Waals surface area contributed by atoms with E-state index in [0.29, 0.717) is 11.4 Å². The van der Waals surface area contributed by atoms with E-state index in [1.165, 1.54) is 22.7 Å². The highest BCUT2D eigenvalue weighted by molar-refractivity contribution is 7.89. The SMILES string of the molecule is CCNCc1scc(C)c1S(=O)(=O)NCc1scnc1C. The summed E-state index contributed by atoms with van der Waals surface area (Å²) in [6.45, 7) is 7.38. The first kappa shape index (κ1) is 16.6. The quantitative estimate of drug-likeness (QED) is 0.808. The summed E-state index contributed by atoms with van der Waals surface area (Å²) in [5, 5.41) is 5.07.